The van der Waals surface area contributed by atoms with Gasteiger partial charge in [0, 0.05) is 11.6 Å². The molecular weight excluding hydrogens is 344 g/mol. The molecule has 8 heteroatoms. The minimum Gasteiger partial charge on any atom is -0.286 e. The van der Waals surface area contributed by atoms with Gasteiger partial charge in [0.15, 0.2) is 5.17 Å². The number of benzene rings is 1. The number of rotatable bonds is 5. The van der Waals surface area contributed by atoms with Gasteiger partial charge in [-0.2, -0.15) is 8.42 Å². The molecule has 118 valence electrons. The maximum Gasteiger partial charge on any atom is 0.284 e. The van der Waals surface area contributed by atoms with E-state index in [1.165, 1.54) is 29.2 Å². The topological polar surface area (TPSA) is 66.8 Å². The largest absolute Gasteiger partial charge is 0.286 e. The van der Waals surface area contributed by atoms with Crippen LogP contribution >= 0.6 is 23.4 Å². The third-order valence-electron chi connectivity index (χ3n) is 3.01. The van der Waals surface area contributed by atoms with Crippen molar-refractivity contribution in [2.75, 3.05) is 6.54 Å². The number of hydrogen-bond donors (Lipinski definition) is 0. The molecule has 1 aliphatic rings. The molecule has 0 radical (unpaired) electrons. The molecule has 5 nitrogen and oxygen atoms in total. The van der Waals surface area contributed by atoms with E-state index in [0.717, 1.165) is 11.8 Å². The van der Waals surface area contributed by atoms with Gasteiger partial charge in [-0.25, -0.2) is 0 Å². The number of amides is 1. The maximum atomic E-state index is 12.3. The Labute approximate surface area is 139 Å². The number of carbonyl (C=O) groups excluding carboxylic acids is 1. The molecule has 0 spiro atoms. The molecule has 1 amide bonds. The second kappa shape index (κ2) is 6.85. The van der Waals surface area contributed by atoms with Crippen LogP contribution in [0.2, 0.25) is 5.02 Å². The molecule has 1 aromatic carbocycles. The number of nitrogens with zero attached hydrogens (tertiary/aromatic N) is 2. The zero-order chi connectivity index (χ0) is 16.3. The first-order valence-corrected chi connectivity index (χ1v) is 9.28. The molecule has 1 saturated heterocycles. The van der Waals surface area contributed by atoms with Gasteiger partial charge in [-0.1, -0.05) is 36.4 Å². The number of carbonyl (C=O) groups is 1. The van der Waals surface area contributed by atoms with Crippen molar-refractivity contribution in [1.29, 1.82) is 0 Å². The second-order valence-corrected chi connectivity index (χ2v) is 7.77. The fourth-order valence-electron chi connectivity index (χ4n) is 1.90. The van der Waals surface area contributed by atoms with Crippen LogP contribution in [-0.2, 0) is 14.8 Å². The average molecular weight is 359 g/mol. The third-order valence-corrected chi connectivity index (χ3v) is 6.00. The van der Waals surface area contributed by atoms with Crippen LogP contribution in [-0.4, -0.2) is 36.2 Å². The van der Waals surface area contributed by atoms with Crippen LogP contribution in [0.5, 0.6) is 0 Å². The van der Waals surface area contributed by atoms with Crippen LogP contribution in [0, 0.1) is 0 Å². The molecule has 0 aliphatic carbocycles. The molecule has 1 aromatic rings. The Morgan fingerprint density at radius 1 is 1.41 bits per heavy atom. The molecule has 1 fully saturated rings. The van der Waals surface area contributed by atoms with Crippen molar-refractivity contribution >= 4 is 44.5 Å². The summed E-state index contributed by atoms with van der Waals surface area (Å²) in [5.41, 5.74) is 0. The maximum absolute atomic E-state index is 12.3. The summed E-state index contributed by atoms with van der Waals surface area (Å²) in [7, 11) is -3.89. The lowest BCUT2D eigenvalue weighted by Gasteiger charge is -2.13. The van der Waals surface area contributed by atoms with Crippen molar-refractivity contribution in [3.05, 3.63) is 41.9 Å². The van der Waals surface area contributed by atoms with E-state index in [4.69, 9.17) is 11.6 Å². The van der Waals surface area contributed by atoms with Gasteiger partial charge in [0.05, 0.1) is 10.1 Å². The lowest BCUT2D eigenvalue weighted by atomic mass is 10.3. The van der Waals surface area contributed by atoms with Gasteiger partial charge in [-0.05, 0) is 30.7 Å². The Bertz CT molecular complexity index is 714. The highest BCUT2D eigenvalue weighted by Crippen LogP contribution is 2.30. The fourth-order valence-corrected chi connectivity index (χ4v) is 4.32. The molecule has 0 N–H and O–H groups in total. The Morgan fingerprint density at radius 3 is 2.59 bits per heavy atom. The molecule has 2 rings (SSSR count). The molecule has 1 unspecified atom stereocenters. The van der Waals surface area contributed by atoms with Crippen molar-refractivity contribution in [3.63, 3.8) is 0 Å². The minimum atomic E-state index is -3.89. The average Bonchev–Trinajstić information content (AvgIpc) is 2.76. The predicted molar refractivity (Wildman–Crippen MR) is 89.7 cm³/mol. The normalized spacial score (nSPS) is 20.6. The van der Waals surface area contributed by atoms with Crippen LogP contribution < -0.4 is 0 Å². The Kier molecular flexibility index (Phi) is 5.31. The van der Waals surface area contributed by atoms with E-state index in [1.54, 1.807) is 6.08 Å². The summed E-state index contributed by atoms with van der Waals surface area (Å²) in [5.74, 6) is -0.141. The van der Waals surface area contributed by atoms with Gasteiger partial charge in [0.2, 0.25) is 5.91 Å². The summed E-state index contributed by atoms with van der Waals surface area (Å²) in [6.45, 7) is 5.69. The van der Waals surface area contributed by atoms with Crippen LogP contribution in [0.4, 0.5) is 0 Å². The molecule has 22 heavy (non-hydrogen) atoms. The first kappa shape index (κ1) is 17.1. The van der Waals surface area contributed by atoms with E-state index in [9.17, 15) is 13.2 Å². The minimum absolute atomic E-state index is 0.0379. The van der Waals surface area contributed by atoms with E-state index >= 15 is 0 Å². The molecular formula is C14H15ClN2O3S2. The van der Waals surface area contributed by atoms with E-state index in [2.05, 4.69) is 11.0 Å². The number of halogens is 1. The molecule has 1 aliphatic heterocycles. The molecule has 1 atom stereocenters. The van der Waals surface area contributed by atoms with E-state index in [1.807, 2.05) is 6.92 Å². The van der Waals surface area contributed by atoms with Crippen LogP contribution in [0.25, 0.3) is 0 Å². The van der Waals surface area contributed by atoms with Gasteiger partial charge >= 0.3 is 0 Å². The van der Waals surface area contributed by atoms with Crippen molar-refractivity contribution in [1.82, 2.24) is 4.90 Å². The Balaban J connectivity index is 2.39. The first-order chi connectivity index (χ1) is 10.4. The molecule has 0 bridgehead atoms. The van der Waals surface area contributed by atoms with Crippen molar-refractivity contribution in [3.8, 4) is 0 Å². The lowest BCUT2D eigenvalue weighted by Crippen LogP contribution is -2.32. The first-order valence-electron chi connectivity index (χ1n) is 6.58. The SMILES string of the molecule is C=CCN1C(=O)C(CC)SC1=NS(=O)(=O)c1ccc(Cl)cc1. The van der Waals surface area contributed by atoms with Crippen LogP contribution in [0.15, 0.2) is 46.2 Å². The summed E-state index contributed by atoms with van der Waals surface area (Å²) in [6, 6.07) is 5.74. The van der Waals surface area contributed by atoms with Gasteiger partial charge in [-0.3, -0.25) is 9.69 Å². The highest BCUT2D eigenvalue weighted by atomic mass is 35.5. The standard InChI is InChI=1S/C14H15ClN2O3S2/c1-3-9-17-13(18)12(4-2)21-14(17)16-22(19,20)11-7-5-10(15)6-8-11/h3,5-8,12H,1,4,9H2,2H3. The fraction of sp³-hybridized carbons (Fsp3) is 0.286. The van der Waals surface area contributed by atoms with E-state index in [0.29, 0.717) is 11.4 Å². The number of hydrogen-bond acceptors (Lipinski definition) is 4. The monoisotopic (exact) mass is 358 g/mol. The van der Waals surface area contributed by atoms with Gasteiger partial charge in [0.25, 0.3) is 10.0 Å². The summed E-state index contributed by atoms with van der Waals surface area (Å²) < 4.78 is 28.5. The lowest BCUT2D eigenvalue weighted by molar-refractivity contribution is -0.125. The summed E-state index contributed by atoms with van der Waals surface area (Å²) in [6.07, 6.45) is 2.15. The van der Waals surface area contributed by atoms with E-state index < -0.39 is 10.0 Å². The molecule has 0 aromatic heterocycles. The third kappa shape index (κ3) is 3.53. The van der Waals surface area contributed by atoms with Gasteiger partial charge in [0.1, 0.15) is 0 Å². The van der Waals surface area contributed by atoms with Gasteiger partial charge in [-0.15, -0.1) is 11.0 Å². The number of amidine groups is 1. The Morgan fingerprint density at radius 2 is 2.05 bits per heavy atom. The van der Waals surface area contributed by atoms with Crippen molar-refractivity contribution < 1.29 is 13.2 Å². The summed E-state index contributed by atoms with van der Waals surface area (Å²) >= 11 is 6.92. The highest BCUT2D eigenvalue weighted by molar-refractivity contribution is 8.16. The second-order valence-electron chi connectivity index (χ2n) is 4.56. The predicted octanol–water partition coefficient (Wildman–Crippen LogP) is 2.92. The summed E-state index contributed by atoms with van der Waals surface area (Å²) in [4.78, 5) is 13.6. The number of thioether (sulfide) groups is 1. The Hall–Kier alpha value is -1.31. The molecule has 0 saturated carbocycles. The van der Waals surface area contributed by atoms with Crippen molar-refractivity contribution in [2.24, 2.45) is 4.40 Å². The van der Waals surface area contributed by atoms with Gasteiger partial charge < -0.3 is 0 Å². The van der Waals surface area contributed by atoms with E-state index in [-0.39, 0.29) is 27.8 Å². The number of sulfonamides is 1. The molecule has 1 heterocycles. The highest BCUT2D eigenvalue weighted by Gasteiger charge is 2.37. The quantitative estimate of drug-likeness (QED) is 0.759. The zero-order valence-corrected chi connectivity index (χ0v) is 14.3. The van der Waals surface area contributed by atoms with Crippen LogP contribution in [0.3, 0.4) is 0 Å². The zero-order valence-electron chi connectivity index (χ0n) is 11.9. The van der Waals surface area contributed by atoms with Crippen LogP contribution in [0.1, 0.15) is 13.3 Å². The van der Waals surface area contributed by atoms with Crippen molar-refractivity contribution in [2.45, 2.75) is 23.5 Å². The smallest absolute Gasteiger partial charge is 0.284 e. The summed E-state index contributed by atoms with van der Waals surface area (Å²) in [5, 5.41) is 0.321.